The van der Waals surface area contributed by atoms with Crippen LogP contribution in [-0.4, -0.2) is 36.3 Å². The number of amides is 2. The van der Waals surface area contributed by atoms with Crippen LogP contribution in [0.3, 0.4) is 0 Å². The van der Waals surface area contributed by atoms with Crippen molar-refractivity contribution < 1.29 is 4.79 Å². The van der Waals surface area contributed by atoms with E-state index < -0.39 is 0 Å². The van der Waals surface area contributed by atoms with Gasteiger partial charge in [-0.15, -0.1) is 6.58 Å². The standard InChI is InChI=1S/C15H20N2OS/c1-2-9-16-15(18)17-10-8-14(19-12-11-17)13-6-4-3-5-7-13/h2-7,14H,1,8-12H2,(H,16,18). The molecule has 4 heteroatoms. The van der Waals surface area contributed by atoms with Crippen molar-refractivity contribution in [1.29, 1.82) is 0 Å². The van der Waals surface area contributed by atoms with Crippen LogP contribution in [-0.2, 0) is 0 Å². The molecule has 1 unspecified atom stereocenters. The minimum Gasteiger partial charge on any atom is -0.335 e. The molecule has 1 aromatic carbocycles. The van der Waals surface area contributed by atoms with E-state index >= 15 is 0 Å². The van der Waals surface area contributed by atoms with Crippen LogP contribution in [0.1, 0.15) is 17.2 Å². The SMILES string of the molecule is C=CCNC(=O)N1CCSC(c2ccccc2)CC1. The van der Waals surface area contributed by atoms with Crippen molar-refractivity contribution in [3.8, 4) is 0 Å². The number of carbonyl (C=O) groups is 1. The molecule has 0 saturated carbocycles. The first-order chi connectivity index (χ1) is 9.31. The van der Waals surface area contributed by atoms with Crippen LogP contribution in [0.25, 0.3) is 0 Å². The minimum atomic E-state index is 0.0224. The van der Waals surface area contributed by atoms with E-state index in [4.69, 9.17) is 0 Å². The van der Waals surface area contributed by atoms with E-state index in [1.54, 1.807) is 6.08 Å². The van der Waals surface area contributed by atoms with Crippen LogP contribution in [0.4, 0.5) is 4.79 Å². The first-order valence-electron chi connectivity index (χ1n) is 6.61. The summed E-state index contributed by atoms with van der Waals surface area (Å²) in [6, 6.07) is 10.6. The highest BCUT2D eigenvalue weighted by Crippen LogP contribution is 2.33. The third kappa shape index (κ3) is 4.03. The molecule has 0 radical (unpaired) electrons. The van der Waals surface area contributed by atoms with E-state index in [0.717, 1.165) is 25.3 Å². The van der Waals surface area contributed by atoms with Gasteiger partial charge in [-0.3, -0.25) is 0 Å². The number of nitrogens with one attached hydrogen (secondary N) is 1. The van der Waals surface area contributed by atoms with E-state index in [1.807, 2.05) is 22.7 Å². The second-order valence-electron chi connectivity index (χ2n) is 4.52. The van der Waals surface area contributed by atoms with E-state index in [0.29, 0.717) is 11.8 Å². The molecule has 0 bridgehead atoms. The number of nitrogens with zero attached hydrogens (tertiary/aromatic N) is 1. The maximum atomic E-state index is 11.9. The van der Waals surface area contributed by atoms with Crippen molar-refractivity contribution in [1.82, 2.24) is 10.2 Å². The van der Waals surface area contributed by atoms with Gasteiger partial charge < -0.3 is 10.2 Å². The molecule has 1 heterocycles. The Labute approximate surface area is 119 Å². The highest BCUT2D eigenvalue weighted by Gasteiger charge is 2.21. The van der Waals surface area contributed by atoms with Crippen LogP contribution in [0.2, 0.25) is 0 Å². The molecule has 1 saturated heterocycles. The van der Waals surface area contributed by atoms with Gasteiger partial charge in [0.15, 0.2) is 0 Å². The average Bonchev–Trinajstić information content (AvgIpc) is 2.71. The van der Waals surface area contributed by atoms with Gasteiger partial charge in [-0.25, -0.2) is 4.79 Å². The van der Waals surface area contributed by atoms with Gasteiger partial charge in [0.25, 0.3) is 0 Å². The maximum Gasteiger partial charge on any atom is 0.317 e. The quantitative estimate of drug-likeness (QED) is 0.861. The summed E-state index contributed by atoms with van der Waals surface area (Å²) < 4.78 is 0. The van der Waals surface area contributed by atoms with Crippen LogP contribution in [0.5, 0.6) is 0 Å². The van der Waals surface area contributed by atoms with Gasteiger partial charge in [0.05, 0.1) is 0 Å². The zero-order valence-corrected chi connectivity index (χ0v) is 11.9. The predicted molar refractivity (Wildman–Crippen MR) is 81.4 cm³/mol. The molecule has 1 N–H and O–H groups in total. The topological polar surface area (TPSA) is 32.3 Å². The summed E-state index contributed by atoms with van der Waals surface area (Å²) in [5.41, 5.74) is 1.36. The van der Waals surface area contributed by atoms with Gasteiger partial charge in [0.2, 0.25) is 0 Å². The zero-order valence-electron chi connectivity index (χ0n) is 11.0. The summed E-state index contributed by atoms with van der Waals surface area (Å²) in [5, 5.41) is 3.34. The lowest BCUT2D eigenvalue weighted by molar-refractivity contribution is 0.202. The molecule has 1 fully saturated rings. The Bertz CT molecular complexity index is 421. The summed E-state index contributed by atoms with van der Waals surface area (Å²) >= 11 is 1.94. The molecule has 3 nitrogen and oxygen atoms in total. The number of benzene rings is 1. The summed E-state index contributed by atoms with van der Waals surface area (Å²) in [7, 11) is 0. The molecule has 1 aliphatic rings. The molecule has 1 atom stereocenters. The number of hydrogen-bond donors (Lipinski definition) is 1. The summed E-state index contributed by atoms with van der Waals surface area (Å²) in [4.78, 5) is 13.8. The summed E-state index contributed by atoms with van der Waals surface area (Å²) in [6.45, 7) is 5.77. The Hall–Kier alpha value is -1.42. The van der Waals surface area contributed by atoms with Crippen molar-refractivity contribution in [2.45, 2.75) is 11.7 Å². The molecule has 2 rings (SSSR count). The van der Waals surface area contributed by atoms with Crippen LogP contribution < -0.4 is 5.32 Å². The molecule has 1 aliphatic heterocycles. The number of rotatable bonds is 3. The fourth-order valence-corrected chi connectivity index (χ4v) is 3.41. The molecule has 102 valence electrons. The van der Waals surface area contributed by atoms with Crippen LogP contribution in [0, 0.1) is 0 Å². The van der Waals surface area contributed by atoms with Crippen LogP contribution in [0.15, 0.2) is 43.0 Å². The van der Waals surface area contributed by atoms with Crippen molar-refractivity contribution in [2.24, 2.45) is 0 Å². The molecular formula is C15H20N2OS. The lowest BCUT2D eigenvalue weighted by Crippen LogP contribution is -2.41. The van der Waals surface area contributed by atoms with Gasteiger partial charge in [0, 0.05) is 30.6 Å². The van der Waals surface area contributed by atoms with Crippen molar-refractivity contribution in [2.75, 3.05) is 25.4 Å². The Balaban J connectivity index is 1.91. The smallest absolute Gasteiger partial charge is 0.317 e. The van der Waals surface area contributed by atoms with Gasteiger partial charge >= 0.3 is 6.03 Å². The highest BCUT2D eigenvalue weighted by atomic mass is 32.2. The lowest BCUT2D eigenvalue weighted by atomic mass is 10.1. The monoisotopic (exact) mass is 276 g/mol. The summed E-state index contributed by atoms with van der Waals surface area (Å²) in [6.07, 6.45) is 2.72. The highest BCUT2D eigenvalue weighted by molar-refractivity contribution is 7.99. The van der Waals surface area contributed by atoms with Crippen LogP contribution >= 0.6 is 11.8 Å². The fraction of sp³-hybridized carbons (Fsp3) is 0.400. The Morgan fingerprint density at radius 1 is 1.42 bits per heavy atom. The van der Waals surface area contributed by atoms with Crippen molar-refractivity contribution in [3.63, 3.8) is 0 Å². The molecule has 2 amide bonds. The van der Waals surface area contributed by atoms with Gasteiger partial charge in [-0.2, -0.15) is 11.8 Å². The largest absolute Gasteiger partial charge is 0.335 e. The Morgan fingerprint density at radius 3 is 2.95 bits per heavy atom. The lowest BCUT2D eigenvalue weighted by Gasteiger charge is -2.20. The van der Waals surface area contributed by atoms with E-state index in [-0.39, 0.29) is 6.03 Å². The normalized spacial score (nSPS) is 19.6. The van der Waals surface area contributed by atoms with E-state index in [9.17, 15) is 4.79 Å². The minimum absolute atomic E-state index is 0.0224. The number of carbonyl (C=O) groups excluding carboxylic acids is 1. The third-order valence-electron chi connectivity index (χ3n) is 3.20. The predicted octanol–water partition coefficient (Wildman–Crippen LogP) is 3.06. The molecule has 0 aliphatic carbocycles. The first kappa shape index (κ1) is 14.0. The molecular weight excluding hydrogens is 256 g/mol. The zero-order chi connectivity index (χ0) is 13.5. The Morgan fingerprint density at radius 2 is 2.21 bits per heavy atom. The second kappa shape index (κ2) is 7.24. The third-order valence-corrected chi connectivity index (χ3v) is 4.53. The first-order valence-corrected chi connectivity index (χ1v) is 7.66. The van der Waals surface area contributed by atoms with Crippen molar-refractivity contribution in [3.05, 3.63) is 48.6 Å². The molecule has 19 heavy (non-hydrogen) atoms. The van der Waals surface area contributed by atoms with E-state index in [2.05, 4.69) is 36.2 Å². The number of hydrogen-bond acceptors (Lipinski definition) is 2. The Kier molecular flexibility index (Phi) is 5.33. The van der Waals surface area contributed by atoms with Gasteiger partial charge in [0.1, 0.15) is 0 Å². The number of thioether (sulfide) groups is 1. The molecule has 1 aromatic rings. The van der Waals surface area contributed by atoms with E-state index in [1.165, 1.54) is 5.56 Å². The second-order valence-corrected chi connectivity index (χ2v) is 5.83. The van der Waals surface area contributed by atoms with Crippen molar-refractivity contribution >= 4 is 17.8 Å². The average molecular weight is 276 g/mol. The number of urea groups is 1. The molecule has 0 aromatic heterocycles. The fourth-order valence-electron chi connectivity index (χ4n) is 2.18. The summed E-state index contributed by atoms with van der Waals surface area (Å²) in [5.74, 6) is 0.987. The maximum absolute atomic E-state index is 11.9. The molecule has 0 spiro atoms. The van der Waals surface area contributed by atoms with Gasteiger partial charge in [-0.1, -0.05) is 36.4 Å². The van der Waals surface area contributed by atoms with Gasteiger partial charge in [-0.05, 0) is 12.0 Å².